The van der Waals surface area contributed by atoms with Crippen molar-refractivity contribution in [3.05, 3.63) is 10.9 Å². The molecule has 1 aromatic heterocycles. The second kappa shape index (κ2) is 4.71. The third kappa shape index (κ3) is 2.28. The largest absolute Gasteiger partial charge is 0.465 e. The maximum Gasteiger partial charge on any atom is 0.348 e. The molecule has 3 N–H and O–H groups in total. The van der Waals surface area contributed by atoms with Crippen LogP contribution in [-0.4, -0.2) is 32.3 Å². The zero-order valence-electron chi connectivity index (χ0n) is 8.99. The molecule has 0 spiro atoms. The Hall–Kier alpha value is -1.27. The number of carbonyl (C=O) groups excluding carboxylic acids is 1. The van der Waals surface area contributed by atoms with E-state index in [2.05, 4.69) is 10.1 Å². The molecule has 2 rings (SSSR count). The van der Waals surface area contributed by atoms with Crippen LogP contribution in [0.5, 0.6) is 0 Å². The minimum Gasteiger partial charge on any atom is -0.465 e. The van der Waals surface area contributed by atoms with Crippen LogP contribution < -0.4 is 11.1 Å². The predicted octanol–water partition coefficient (Wildman–Crippen LogP) is 1.32. The van der Waals surface area contributed by atoms with Crippen LogP contribution in [0, 0.1) is 0 Å². The summed E-state index contributed by atoms with van der Waals surface area (Å²) in [6, 6.07) is 1.71. The highest BCUT2D eigenvalue weighted by molar-refractivity contribution is 7.18. The number of methoxy groups -OCH3 is 1. The summed E-state index contributed by atoms with van der Waals surface area (Å²) in [4.78, 5) is 11.8. The SMILES string of the molecule is COC(=O)c1cc(NCC2CCO2)c(N)s1. The Morgan fingerprint density at radius 2 is 2.56 bits per heavy atom. The Morgan fingerprint density at radius 1 is 1.81 bits per heavy atom. The molecule has 88 valence electrons. The first-order valence-electron chi connectivity index (χ1n) is 5.04. The average molecular weight is 242 g/mol. The fraction of sp³-hybridized carbons (Fsp3) is 0.500. The van der Waals surface area contributed by atoms with Gasteiger partial charge >= 0.3 is 5.97 Å². The van der Waals surface area contributed by atoms with Crippen LogP contribution in [-0.2, 0) is 9.47 Å². The van der Waals surface area contributed by atoms with Crippen molar-refractivity contribution in [2.24, 2.45) is 0 Å². The zero-order valence-corrected chi connectivity index (χ0v) is 9.80. The van der Waals surface area contributed by atoms with Crippen molar-refractivity contribution < 1.29 is 14.3 Å². The summed E-state index contributed by atoms with van der Waals surface area (Å²) < 4.78 is 9.90. The number of esters is 1. The lowest BCUT2D eigenvalue weighted by atomic mass is 10.2. The summed E-state index contributed by atoms with van der Waals surface area (Å²) in [7, 11) is 1.35. The summed E-state index contributed by atoms with van der Waals surface area (Å²) in [6.07, 6.45) is 1.34. The molecule has 0 aromatic carbocycles. The van der Waals surface area contributed by atoms with Crippen LogP contribution in [0.2, 0.25) is 0 Å². The molecule has 16 heavy (non-hydrogen) atoms. The van der Waals surface area contributed by atoms with E-state index in [0.717, 1.165) is 25.3 Å². The molecule has 1 aliphatic rings. The van der Waals surface area contributed by atoms with Gasteiger partial charge in [-0.25, -0.2) is 4.79 Å². The van der Waals surface area contributed by atoms with Gasteiger partial charge in [0.05, 0.1) is 18.9 Å². The minimum atomic E-state index is -0.357. The number of carbonyl (C=O) groups is 1. The normalized spacial score (nSPS) is 18.9. The third-order valence-corrected chi connectivity index (χ3v) is 3.41. The Morgan fingerprint density at radius 3 is 3.12 bits per heavy atom. The van der Waals surface area contributed by atoms with Gasteiger partial charge in [0.2, 0.25) is 0 Å². The second-order valence-corrected chi connectivity index (χ2v) is 4.63. The molecule has 0 radical (unpaired) electrons. The van der Waals surface area contributed by atoms with Gasteiger partial charge < -0.3 is 20.5 Å². The van der Waals surface area contributed by atoms with Gasteiger partial charge in [-0.15, -0.1) is 11.3 Å². The van der Waals surface area contributed by atoms with Crippen LogP contribution in [0.4, 0.5) is 10.7 Å². The lowest BCUT2D eigenvalue weighted by Crippen LogP contribution is -2.33. The summed E-state index contributed by atoms with van der Waals surface area (Å²) in [5, 5.41) is 3.76. The molecule has 1 fully saturated rings. The van der Waals surface area contributed by atoms with E-state index in [9.17, 15) is 4.79 Å². The van der Waals surface area contributed by atoms with E-state index in [1.165, 1.54) is 18.4 Å². The van der Waals surface area contributed by atoms with Crippen LogP contribution in [0.25, 0.3) is 0 Å². The van der Waals surface area contributed by atoms with Crippen LogP contribution in [0.3, 0.4) is 0 Å². The second-order valence-electron chi connectivity index (χ2n) is 3.54. The number of thiophene rings is 1. The van der Waals surface area contributed by atoms with Gasteiger partial charge in [0.25, 0.3) is 0 Å². The number of nitrogen functional groups attached to an aromatic ring is 1. The fourth-order valence-corrected chi connectivity index (χ4v) is 2.24. The summed E-state index contributed by atoms with van der Waals surface area (Å²) >= 11 is 1.22. The smallest absolute Gasteiger partial charge is 0.348 e. The first-order valence-corrected chi connectivity index (χ1v) is 5.85. The number of anilines is 2. The maximum absolute atomic E-state index is 11.3. The Kier molecular flexibility index (Phi) is 3.31. The molecule has 2 heterocycles. The van der Waals surface area contributed by atoms with Gasteiger partial charge in [-0.3, -0.25) is 0 Å². The van der Waals surface area contributed by atoms with Gasteiger partial charge in [0.15, 0.2) is 0 Å². The van der Waals surface area contributed by atoms with E-state index >= 15 is 0 Å². The Bertz CT molecular complexity index is 387. The van der Waals surface area contributed by atoms with Crippen molar-refractivity contribution in [3.63, 3.8) is 0 Å². The molecule has 1 saturated heterocycles. The highest BCUT2D eigenvalue weighted by Crippen LogP contribution is 2.30. The molecule has 0 aliphatic carbocycles. The van der Waals surface area contributed by atoms with Crippen molar-refractivity contribution in [1.29, 1.82) is 0 Å². The quantitative estimate of drug-likeness (QED) is 0.779. The molecule has 0 bridgehead atoms. The molecular formula is C10H14N2O3S. The molecule has 5 nitrogen and oxygen atoms in total. The van der Waals surface area contributed by atoms with Crippen molar-refractivity contribution in [3.8, 4) is 0 Å². The van der Waals surface area contributed by atoms with Crippen LogP contribution in [0.15, 0.2) is 6.07 Å². The topological polar surface area (TPSA) is 73.6 Å². The standard InChI is InChI=1S/C10H14N2O3S/c1-14-10(13)8-4-7(9(11)16-8)12-5-6-2-3-15-6/h4,6,12H,2-3,5,11H2,1H3. The van der Waals surface area contributed by atoms with Crippen molar-refractivity contribution >= 4 is 28.0 Å². The number of hydrogen-bond acceptors (Lipinski definition) is 6. The predicted molar refractivity (Wildman–Crippen MR) is 62.9 cm³/mol. The number of rotatable bonds is 4. The Balaban J connectivity index is 1.97. The van der Waals surface area contributed by atoms with Crippen molar-refractivity contribution in [2.45, 2.75) is 12.5 Å². The van der Waals surface area contributed by atoms with Crippen molar-refractivity contribution in [1.82, 2.24) is 0 Å². The molecule has 1 aromatic rings. The molecule has 1 atom stereocenters. The summed E-state index contributed by atoms with van der Waals surface area (Å²) in [5.41, 5.74) is 6.57. The lowest BCUT2D eigenvalue weighted by Gasteiger charge is -2.26. The lowest BCUT2D eigenvalue weighted by molar-refractivity contribution is -0.0410. The fourth-order valence-electron chi connectivity index (χ4n) is 1.41. The van der Waals surface area contributed by atoms with Gasteiger partial charge in [-0.2, -0.15) is 0 Å². The zero-order chi connectivity index (χ0) is 11.5. The van der Waals surface area contributed by atoms with E-state index in [1.807, 2.05) is 0 Å². The highest BCUT2D eigenvalue weighted by Gasteiger charge is 2.19. The van der Waals surface area contributed by atoms with Gasteiger partial charge in [-0.05, 0) is 12.5 Å². The number of nitrogens with two attached hydrogens (primary N) is 1. The monoisotopic (exact) mass is 242 g/mol. The minimum absolute atomic E-state index is 0.265. The highest BCUT2D eigenvalue weighted by atomic mass is 32.1. The van der Waals surface area contributed by atoms with E-state index in [0.29, 0.717) is 9.88 Å². The molecule has 0 amide bonds. The van der Waals surface area contributed by atoms with E-state index in [-0.39, 0.29) is 12.1 Å². The number of hydrogen-bond donors (Lipinski definition) is 2. The molecule has 1 aliphatic heterocycles. The van der Waals surface area contributed by atoms with Gasteiger partial charge in [0.1, 0.15) is 9.88 Å². The maximum atomic E-state index is 11.3. The average Bonchev–Trinajstić information content (AvgIpc) is 2.57. The van der Waals surface area contributed by atoms with E-state index < -0.39 is 0 Å². The Labute approximate surface area is 97.5 Å². The molecular weight excluding hydrogens is 228 g/mol. The first kappa shape index (κ1) is 11.2. The third-order valence-electron chi connectivity index (χ3n) is 2.46. The van der Waals surface area contributed by atoms with Crippen LogP contribution >= 0.6 is 11.3 Å². The van der Waals surface area contributed by atoms with Crippen molar-refractivity contribution in [2.75, 3.05) is 31.3 Å². The summed E-state index contributed by atoms with van der Waals surface area (Å²) in [5.74, 6) is -0.357. The van der Waals surface area contributed by atoms with E-state index in [1.54, 1.807) is 6.07 Å². The first-order chi connectivity index (χ1) is 7.70. The summed E-state index contributed by atoms with van der Waals surface area (Å²) in [6.45, 7) is 1.56. The van der Waals surface area contributed by atoms with Gasteiger partial charge in [-0.1, -0.05) is 0 Å². The number of ether oxygens (including phenoxy) is 2. The van der Waals surface area contributed by atoms with Crippen LogP contribution in [0.1, 0.15) is 16.1 Å². The van der Waals surface area contributed by atoms with E-state index in [4.69, 9.17) is 10.5 Å². The van der Waals surface area contributed by atoms with Gasteiger partial charge in [0, 0.05) is 13.2 Å². The molecule has 0 saturated carbocycles. The molecule has 6 heteroatoms. The number of nitrogens with one attached hydrogen (secondary N) is 1. The molecule has 1 unspecified atom stereocenters.